The molecule has 32 heavy (non-hydrogen) atoms. The van der Waals surface area contributed by atoms with Crippen LogP contribution in [0.5, 0.6) is 11.5 Å². The van der Waals surface area contributed by atoms with Gasteiger partial charge in [0.25, 0.3) is 11.8 Å². The Balaban J connectivity index is 1.44. The van der Waals surface area contributed by atoms with Crippen LogP contribution in [0.3, 0.4) is 0 Å². The maximum atomic E-state index is 12.6. The lowest BCUT2D eigenvalue weighted by atomic mass is 10.1. The summed E-state index contributed by atoms with van der Waals surface area (Å²) in [7, 11) is -3.21. The highest BCUT2D eigenvalue weighted by Crippen LogP contribution is 2.32. The van der Waals surface area contributed by atoms with Crippen molar-refractivity contribution in [1.82, 2.24) is 0 Å². The molecule has 1 aliphatic rings. The predicted octanol–water partition coefficient (Wildman–Crippen LogP) is 3.46. The fourth-order valence-corrected chi connectivity index (χ4v) is 4.01. The van der Waals surface area contributed by atoms with Crippen LogP contribution in [0.25, 0.3) is 0 Å². The fourth-order valence-electron chi connectivity index (χ4n) is 3.22. The highest BCUT2D eigenvalue weighted by molar-refractivity contribution is 7.89. The van der Waals surface area contributed by atoms with Gasteiger partial charge in [-0.05, 0) is 54.1 Å². The van der Waals surface area contributed by atoms with Crippen LogP contribution in [0.15, 0.2) is 66.7 Å². The summed E-state index contributed by atoms with van der Waals surface area (Å²) in [6, 6.07) is 18.1. The molecule has 1 heterocycles. The fraction of sp³-hybridized carbons (Fsp3) is 0.130. The zero-order valence-electron chi connectivity index (χ0n) is 17.1. The number of benzene rings is 3. The van der Waals surface area contributed by atoms with E-state index in [-0.39, 0.29) is 24.4 Å². The molecule has 2 N–H and O–H groups in total. The van der Waals surface area contributed by atoms with Crippen molar-refractivity contribution in [3.63, 3.8) is 0 Å². The standard InChI is InChI=1S/C23H20N2O6S/c1-32(28,29)13-15-4-2-5-16(10-15)22(26)24-18-6-3-7-19(12-18)25-23(27)17-8-9-20-21(11-17)31-14-30-20/h2-12H,13-14H2,1H3,(H,24,26)(H,25,27). The van der Waals surface area contributed by atoms with Crippen molar-refractivity contribution >= 4 is 33.0 Å². The Kier molecular flexibility index (Phi) is 5.83. The number of hydrogen-bond acceptors (Lipinski definition) is 6. The van der Waals surface area contributed by atoms with Gasteiger partial charge in [-0.1, -0.05) is 18.2 Å². The van der Waals surface area contributed by atoms with Gasteiger partial charge >= 0.3 is 0 Å². The largest absolute Gasteiger partial charge is 0.454 e. The van der Waals surface area contributed by atoms with Gasteiger partial charge in [-0.15, -0.1) is 0 Å². The summed E-state index contributed by atoms with van der Waals surface area (Å²) in [5, 5.41) is 5.54. The first-order valence-corrected chi connectivity index (χ1v) is 11.7. The van der Waals surface area contributed by atoms with Crippen molar-refractivity contribution in [2.45, 2.75) is 5.75 Å². The third-order valence-corrected chi connectivity index (χ3v) is 5.49. The molecule has 2 amide bonds. The second kappa shape index (κ2) is 8.72. The topological polar surface area (TPSA) is 111 Å². The van der Waals surface area contributed by atoms with Gasteiger partial charge in [0.2, 0.25) is 6.79 Å². The van der Waals surface area contributed by atoms with E-state index in [1.807, 2.05) is 0 Å². The molecule has 0 unspecified atom stereocenters. The van der Waals surface area contributed by atoms with E-state index in [0.717, 1.165) is 6.26 Å². The van der Waals surface area contributed by atoms with Gasteiger partial charge in [0.05, 0.1) is 5.75 Å². The quantitative estimate of drug-likeness (QED) is 0.593. The molecule has 0 radical (unpaired) electrons. The monoisotopic (exact) mass is 452 g/mol. The SMILES string of the molecule is CS(=O)(=O)Cc1cccc(C(=O)Nc2cccc(NC(=O)c3ccc4c(c3)OCO4)c2)c1. The Labute approximate surface area is 185 Å². The van der Waals surface area contributed by atoms with Crippen molar-refractivity contribution in [2.75, 3.05) is 23.7 Å². The van der Waals surface area contributed by atoms with Crippen LogP contribution in [0.1, 0.15) is 26.3 Å². The number of carbonyl (C=O) groups excluding carboxylic acids is 2. The molecular weight excluding hydrogens is 432 g/mol. The number of nitrogens with one attached hydrogen (secondary N) is 2. The summed E-state index contributed by atoms with van der Waals surface area (Å²) in [6.07, 6.45) is 1.14. The lowest BCUT2D eigenvalue weighted by Gasteiger charge is -2.10. The summed E-state index contributed by atoms with van der Waals surface area (Å²) in [5.74, 6) is 0.235. The minimum atomic E-state index is -3.21. The van der Waals surface area contributed by atoms with Gasteiger partial charge < -0.3 is 20.1 Å². The van der Waals surface area contributed by atoms with Gasteiger partial charge in [0.1, 0.15) is 0 Å². The molecule has 3 aromatic carbocycles. The number of sulfone groups is 1. The third kappa shape index (κ3) is 5.25. The molecule has 0 aliphatic carbocycles. The summed E-state index contributed by atoms with van der Waals surface area (Å²) in [5.41, 5.74) is 2.25. The van der Waals surface area contributed by atoms with E-state index in [2.05, 4.69) is 10.6 Å². The van der Waals surface area contributed by atoms with Gasteiger partial charge in [-0.25, -0.2) is 8.42 Å². The Morgan fingerprint density at radius 1 is 0.812 bits per heavy atom. The first-order chi connectivity index (χ1) is 15.3. The third-order valence-electron chi connectivity index (χ3n) is 4.63. The minimum Gasteiger partial charge on any atom is -0.454 e. The van der Waals surface area contributed by atoms with Crippen molar-refractivity contribution in [3.05, 3.63) is 83.4 Å². The predicted molar refractivity (Wildman–Crippen MR) is 120 cm³/mol. The van der Waals surface area contributed by atoms with Crippen LogP contribution in [0.2, 0.25) is 0 Å². The number of amides is 2. The average molecular weight is 452 g/mol. The van der Waals surface area contributed by atoms with Crippen molar-refractivity contribution in [3.8, 4) is 11.5 Å². The first-order valence-electron chi connectivity index (χ1n) is 9.66. The summed E-state index contributed by atoms with van der Waals surface area (Å²) < 4.78 is 33.6. The van der Waals surface area contributed by atoms with E-state index in [4.69, 9.17) is 9.47 Å². The summed E-state index contributed by atoms with van der Waals surface area (Å²) in [4.78, 5) is 25.2. The van der Waals surface area contributed by atoms with Crippen LogP contribution < -0.4 is 20.1 Å². The maximum Gasteiger partial charge on any atom is 0.255 e. The van der Waals surface area contributed by atoms with Crippen LogP contribution >= 0.6 is 0 Å². The highest BCUT2D eigenvalue weighted by Gasteiger charge is 2.16. The number of hydrogen-bond donors (Lipinski definition) is 2. The summed E-state index contributed by atoms with van der Waals surface area (Å²) >= 11 is 0. The molecule has 9 heteroatoms. The Hall–Kier alpha value is -3.85. The number of fused-ring (bicyclic) bond motifs is 1. The van der Waals surface area contributed by atoms with Crippen molar-refractivity contribution in [2.24, 2.45) is 0 Å². The van der Waals surface area contributed by atoms with E-state index < -0.39 is 9.84 Å². The smallest absolute Gasteiger partial charge is 0.255 e. The number of anilines is 2. The lowest BCUT2D eigenvalue weighted by molar-refractivity contribution is 0.101. The van der Waals surface area contributed by atoms with E-state index in [0.29, 0.717) is 39.6 Å². The molecule has 8 nitrogen and oxygen atoms in total. The van der Waals surface area contributed by atoms with E-state index in [1.165, 1.54) is 0 Å². The van der Waals surface area contributed by atoms with Crippen molar-refractivity contribution in [1.29, 1.82) is 0 Å². The van der Waals surface area contributed by atoms with Gasteiger partial charge in [-0.2, -0.15) is 0 Å². The maximum absolute atomic E-state index is 12.6. The van der Waals surface area contributed by atoms with E-state index >= 15 is 0 Å². The van der Waals surface area contributed by atoms with Crippen LogP contribution in [-0.4, -0.2) is 33.3 Å². The summed E-state index contributed by atoms with van der Waals surface area (Å²) in [6.45, 7) is 0.124. The lowest BCUT2D eigenvalue weighted by Crippen LogP contribution is -2.14. The molecule has 0 bridgehead atoms. The van der Waals surface area contributed by atoms with Gasteiger partial charge in [0, 0.05) is 28.8 Å². The Morgan fingerprint density at radius 2 is 1.44 bits per heavy atom. The van der Waals surface area contributed by atoms with E-state index in [9.17, 15) is 18.0 Å². The molecule has 0 atom stereocenters. The van der Waals surface area contributed by atoms with Gasteiger partial charge in [0.15, 0.2) is 21.3 Å². The minimum absolute atomic E-state index is 0.124. The normalized spacial score (nSPS) is 12.3. The molecule has 0 aromatic heterocycles. The Morgan fingerprint density at radius 3 is 2.12 bits per heavy atom. The molecule has 0 fully saturated rings. The second-order valence-corrected chi connectivity index (χ2v) is 9.47. The Bertz CT molecular complexity index is 1300. The zero-order valence-corrected chi connectivity index (χ0v) is 17.9. The molecule has 4 rings (SSSR count). The van der Waals surface area contributed by atoms with Crippen LogP contribution in [-0.2, 0) is 15.6 Å². The van der Waals surface area contributed by atoms with Crippen molar-refractivity contribution < 1.29 is 27.5 Å². The second-order valence-electron chi connectivity index (χ2n) is 7.33. The number of rotatable bonds is 6. The average Bonchev–Trinajstić information content (AvgIpc) is 3.21. The van der Waals surface area contributed by atoms with E-state index in [1.54, 1.807) is 66.7 Å². The molecule has 0 saturated carbocycles. The number of ether oxygens (including phenoxy) is 2. The molecule has 164 valence electrons. The molecule has 0 saturated heterocycles. The molecule has 1 aliphatic heterocycles. The van der Waals surface area contributed by atoms with Crippen LogP contribution in [0, 0.1) is 0 Å². The molecular formula is C23H20N2O6S. The number of carbonyl (C=O) groups is 2. The zero-order chi connectivity index (χ0) is 22.7. The van der Waals surface area contributed by atoms with Gasteiger partial charge in [-0.3, -0.25) is 9.59 Å². The van der Waals surface area contributed by atoms with Crippen LogP contribution in [0.4, 0.5) is 11.4 Å². The molecule has 0 spiro atoms. The molecule has 3 aromatic rings. The first kappa shape index (κ1) is 21.4. The highest BCUT2D eigenvalue weighted by atomic mass is 32.2.